The first-order valence-corrected chi connectivity index (χ1v) is 9.66. The Morgan fingerprint density at radius 3 is 2.76 bits per heavy atom. The number of nitrogens with one attached hydrogen (secondary N) is 1. The Kier molecular flexibility index (Phi) is 6.46. The minimum Gasteiger partial charge on any atom is -0.384 e. The summed E-state index contributed by atoms with van der Waals surface area (Å²) in [6.07, 6.45) is 1.93. The number of nitrogens with zero attached hydrogens (tertiary/aromatic N) is 2. The van der Waals surface area contributed by atoms with Gasteiger partial charge < -0.3 is 10.1 Å². The highest BCUT2D eigenvalue weighted by molar-refractivity contribution is 7.89. The third kappa shape index (κ3) is 3.83. The molecule has 0 saturated carbocycles. The molecule has 1 aromatic rings. The molecule has 0 amide bonds. The van der Waals surface area contributed by atoms with Gasteiger partial charge in [0.1, 0.15) is 0 Å². The van der Waals surface area contributed by atoms with Gasteiger partial charge in [0.05, 0.1) is 23.1 Å². The molecule has 138 valence electrons. The molecule has 3 rings (SSSR count). The van der Waals surface area contributed by atoms with Gasteiger partial charge in [0.25, 0.3) is 0 Å². The fourth-order valence-corrected chi connectivity index (χ4v) is 5.59. The van der Waals surface area contributed by atoms with Crippen molar-refractivity contribution in [1.29, 1.82) is 5.26 Å². The Morgan fingerprint density at radius 2 is 2.12 bits per heavy atom. The van der Waals surface area contributed by atoms with Crippen LogP contribution in [-0.2, 0) is 14.8 Å². The quantitative estimate of drug-likeness (QED) is 0.851. The molecule has 2 aliphatic rings. The Bertz CT molecular complexity index is 742. The Balaban J connectivity index is 0.00000225. The van der Waals surface area contributed by atoms with Crippen LogP contribution in [0, 0.1) is 22.7 Å². The predicted octanol–water partition coefficient (Wildman–Crippen LogP) is 1.62. The lowest BCUT2D eigenvalue weighted by atomic mass is 9.71. The summed E-state index contributed by atoms with van der Waals surface area (Å²) in [5.74, 6) is 0.207. The van der Waals surface area contributed by atoms with E-state index in [9.17, 15) is 8.42 Å². The summed E-state index contributed by atoms with van der Waals surface area (Å²) < 4.78 is 33.0. The van der Waals surface area contributed by atoms with E-state index in [1.165, 1.54) is 6.07 Å². The molecule has 0 bridgehead atoms. The van der Waals surface area contributed by atoms with E-state index in [0.717, 1.165) is 25.9 Å². The van der Waals surface area contributed by atoms with Crippen LogP contribution in [0.1, 0.15) is 18.4 Å². The number of hydrogen-bond acceptors (Lipinski definition) is 5. The second-order valence-corrected chi connectivity index (χ2v) is 8.64. The van der Waals surface area contributed by atoms with Crippen molar-refractivity contribution in [2.24, 2.45) is 11.3 Å². The van der Waals surface area contributed by atoms with Crippen LogP contribution in [0.2, 0.25) is 0 Å². The van der Waals surface area contributed by atoms with E-state index in [-0.39, 0.29) is 28.6 Å². The van der Waals surface area contributed by atoms with Gasteiger partial charge in [-0.25, -0.2) is 8.42 Å². The van der Waals surface area contributed by atoms with Crippen molar-refractivity contribution in [2.75, 3.05) is 39.9 Å². The number of nitriles is 1. The minimum atomic E-state index is -3.59. The highest BCUT2D eigenvalue weighted by Gasteiger charge is 2.50. The number of methoxy groups -OCH3 is 1. The van der Waals surface area contributed by atoms with E-state index >= 15 is 0 Å². The van der Waals surface area contributed by atoms with Gasteiger partial charge in [0.15, 0.2) is 0 Å². The Labute approximate surface area is 155 Å². The summed E-state index contributed by atoms with van der Waals surface area (Å²) in [5, 5.41) is 12.4. The van der Waals surface area contributed by atoms with Crippen LogP contribution < -0.4 is 5.32 Å². The van der Waals surface area contributed by atoms with Gasteiger partial charge in [-0.05, 0) is 49.5 Å². The first kappa shape index (κ1) is 20.1. The first-order valence-electron chi connectivity index (χ1n) is 8.22. The molecular formula is C17H24ClN3O3S. The summed E-state index contributed by atoms with van der Waals surface area (Å²) in [5.41, 5.74) is 0.349. The van der Waals surface area contributed by atoms with Crippen molar-refractivity contribution in [1.82, 2.24) is 9.62 Å². The number of sulfonamides is 1. The third-order valence-corrected chi connectivity index (χ3v) is 7.16. The monoisotopic (exact) mass is 385 g/mol. The van der Waals surface area contributed by atoms with Crippen LogP contribution in [0.3, 0.4) is 0 Å². The summed E-state index contributed by atoms with van der Waals surface area (Å²) in [7, 11) is -1.92. The maximum Gasteiger partial charge on any atom is 0.243 e. The highest BCUT2D eigenvalue weighted by atomic mass is 35.5. The lowest BCUT2D eigenvalue weighted by Gasteiger charge is -2.38. The molecule has 0 radical (unpaired) electrons. The summed E-state index contributed by atoms with van der Waals surface area (Å²) in [6, 6.07) is 8.26. The first-order chi connectivity index (χ1) is 11.5. The number of ether oxygens (including phenoxy) is 1. The lowest BCUT2D eigenvalue weighted by molar-refractivity contribution is 0.0718. The Morgan fingerprint density at radius 1 is 1.40 bits per heavy atom. The summed E-state index contributed by atoms with van der Waals surface area (Å²) in [6.45, 7) is 3.41. The molecule has 1 atom stereocenters. The molecule has 1 N–H and O–H groups in total. The zero-order valence-corrected chi connectivity index (χ0v) is 15.9. The lowest BCUT2D eigenvalue weighted by Crippen LogP contribution is -2.43. The zero-order valence-electron chi connectivity index (χ0n) is 14.3. The van der Waals surface area contributed by atoms with Crippen molar-refractivity contribution in [2.45, 2.75) is 17.7 Å². The van der Waals surface area contributed by atoms with Crippen LogP contribution >= 0.6 is 12.4 Å². The summed E-state index contributed by atoms with van der Waals surface area (Å²) in [4.78, 5) is 0.198. The molecule has 1 aromatic carbocycles. The molecule has 2 aliphatic heterocycles. The van der Waals surface area contributed by atoms with Crippen LogP contribution in [0.15, 0.2) is 29.2 Å². The van der Waals surface area contributed by atoms with Gasteiger partial charge in [0.2, 0.25) is 10.0 Å². The van der Waals surface area contributed by atoms with E-state index in [4.69, 9.17) is 10.00 Å². The van der Waals surface area contributed by atoms with E-state index in [0.29, 0.717) is 25.3 Å². The predicted molar refractivity (Wildman–Crippen MR) is 97.1 cm³/mol. The van der Waals surface area contributed by atoms with Crippen LogP contribution in [0.5, 0.6) is 0 Å². The zero-order chi connectivity index (χ0) is 17.2. The molecule has 2 heterocycles. The molecule has 1 spiro atoms. The van der Waals surface area contributed by atoms with Crippen LogP contribution in [0.4, 0.5) is 0 Å². The standard InChI is InChI=1S/C17H23N3O3S.ClH/c1-23-12-15-11-20(13-17(15)5-7-19-8-6-17)24(21,22)16-4-2-3-14(9-16)10-18;/h2-4,9,15,19H,5-8,11-13H2,1H3;1H. The van der Waals surface area contributed by atoms with Crippen molar-refractivity contribution < 1.29 is 13.2 Å². The van der Waals surface area contributed by atoms with Gasteiger partial charge in [-0.3, -0.25) is 0 Å². The van der Waals surface area contributed by atoms with Gasteiger partial charge in [-0.1, -0.05) is 6.07 Å². The van der Waals surface area contributed by atoms with Crippen molar-refractivity contribution in [3.05, 3.63) is 29.8 Å². The largest absolute Gasteiger partial charge is 0.384 e. The molecule has 0 aromatic heterocycles. The van der Waals surface area contributed by atoms with Gasteiger partial charge in [0, 0.05) is 26.1 Å². The fraction of sp³-hybridized carbons (Fsp3) is 0.588. The van der Waals surface area contributed by atoms with Gasteiger partial charge >= 0.3 is 0 Å². The van der Waals surface area contributed by atoms with Gasteiger partial charge in [-0.15, -0.1) is 12.4 Å². The second kappa shape index (κ2) is 8.02. The molecule has 8 heteroatoms. The topological polar surface area (TPSA) is 82.4 Å². The molecular weight excluding hydrogens is 362 g/mol. The van der Waals surface area contributed by atoms with Crippen molar-refractivity contribution in [3.8, 4) is 6.07 Å². The van der Waals surface area contributed by atoms with Gasteiger partial charge in [-0.2, -0.15) is 9.57 Å². The fourth-order valence-electron chi connectivity index (χ4n) is 3.96. The van der Waals surface area contributed by atoms with Crippen molar-refractivity contribution >= 4 is 22.4 Å². The molecule has 6 nitrogen and oxygen atoms in total. The number of hydrogen-bond donors (Lipinski definition) is 1. The van der Waals surface area contributed by atoms with E-state index < -0.39 is 10.0 Å². The van der Waals surface area contributed by atoms with E-state index in [2.05, 4.69) is 5.32 Å². The smallest absolute Gasteiger partial charge is 0.243 e. The minimum absolute atomic E-state index is 0. The van der Waals surface area contributed by atoms with E-state index in [1.54, 1.807) is 29.6 Å². The number of piperidine rings is 1. The highest BCUT2D eigenvalue weighted by Crippen LogP contribution is 2.45. The van der Waals surface area contributed by atoms with Crippen molar-refractivity contribution in [3.63, 3.8) is 0 Å². The average molecular weight is 386 g/mol. The number of benzene rings is 1. The molecule has 2 saturated heterocycles. The van der Waals surface area contributed by atoms with Crippen LogP contribution in [-0.4, -0.2) is 52.6 Å². The maximum absolute atomic E-state index is 13.0. The third-order valence-electron chi connectivity index (χ3n) is 5.35. The average Bonchev–Trinajstić information content (AvgIpc) is 2.94. The number of rotatable bonds is 4. The van der Waals surface area contributed by atoms with Crippen LogP contribution in [0.25, 0.3) is 0 Å². The SMILES string of the molecule is COCC1CN(S(=O)(=O)c2cccc(C#N)c2)CC12CCNCC2.Cl. The maximum atomic E-state index is 13.0. The molecule has 0 aliphatic carbocycles. The normalized spacial score (nSPS) is 23.1. The summed E-state index contributed by atoms with van der Waals surface area (Å²) >= 11 is 0. The molecule has 1 unspecified atom stereocenters. The second-order valence-electron chi connectivity index (χ2n) is 6.70. The molecule has 25 heavy (non-hydrogen) atoms. The molecule has 2 fully saturated rings. The Hall–Kier alpha value is -1.17. The number of halogens is 1. The van der Waals surface area contributed by atoms with E-state index in [1.807, 2.05) is 6.07 Å².